The van der Waals surface area contributed by atoms with Crippen molar-refractivity contribution in [2.75, 3.05) is 19.6 Å². The molecule has 88 valence electrons. The van der Waals surface area contributed by atoms with Crippen molar-refractivity contribution in [2.45, 2.75) is 57.3 Å². The Hall–Kier alpha value is -0.120. The van der Waals surface area contributed by atoms with Crippen LogP contribution in [0.2, 0.25) is 0 Å². The van der Waals surface area contributed by atoms with E-state index in [9.17, 15) is 0 Å². The SMILES string of the molecule is CC1(C)CN(C2CCCC2)CC(CN)O1. The highest BCUT2D eigenvalue weighted by molar-refractivity contribution is 4.89. The Morgan fingerprint density at radius 2 is 2.00 bits per heavy atom. The molecule has 3 nitrogen and oxygen atoms in total. The van der Waals surface area contributed by atoms with Gasteiger partial charge in [0.05, 0.1) is 11.7 Å². The first-order valence-corrected chi connectivity index (χ1v) is 6.23. The van der Waals surface area contributed by atoms with Gasteiger partial charge in [0.1, 0.15) is 0 Å². The lowest BCUT2D eigenvalue weighted by molar-refractivity contribution is -0.140. The third-order valence-electron chi connectivity index (χ3n) is 3.61. The molecule has 0 aromatic carbocycles. The van der Waals surface area contributed by atoms with Gasteiger partial charge in [-0.2, -0.15) is 0 Å². The van der Waals surface area contributed by atoms with Crippen LogP contribution in [0.25, 0.3) is 0 Å². The molecule has 2 rings (SSSR count). The van der Waals surface area contributed by atoms with Crippen LogP contribution >= 0.6 is 0 Å². The van der Waals surface area contributed by atoms with Crippen molar-refractivity contribution in [1.82, 2.24) is 4.90 Å². The molecule has 0 aromatic rings. The molecule has 1 atom stereocenters. The number of rotatable bonds is 2. The van der Waals surface area contributed by atoms with Gasteiger partial charge in [-0.25, -0.2) is 0 Å². The highest BCUT2D eigenvalue weighted by atomic mass is 16.5. The zero-order valence-corrected chi connectivity index (χ0v) is 10.0. The molecular formula is C12H24N2O. The molecule has 1 aliphatic heterocycles. The summed E-state index contributed by atoms with van der Waals surface area (Å²) >= 11 is 0. The molecule has 1 saturated carbocycles. The average Bonchev–Trinajstić information content (AvgIpc) is 2.68. The second-order valence-electron chi connectivity index (χ2n) is 5.60. The molecule has 0 spiro atoms. The van der Waals surface area contributed by atoms with Gasteiger partial charge in [0.25, 0.3) is 0 Å². The number of nitrogens with zero attached hydrogens (tertiary/aromatic N) is 1. The van der Waals surface area contributed by atoms with E-state index in [1.807, 2.05) is 0 Å². The minimum absolute atomic E-state index is 0.0229. The van der Waals surface area contributed by atoms with Crippen LogP contribution in [0.5, 0.6) is 0 Å². The maximum atomic E-state index is 5.95. The smallest absolute Gasteiger partial charge is 0.0831 e. The minimum Gasteiger partial charge on any atom is -0.368 e. The highest BCUT2D eigenvalue weighted by Crippen LogP contribution is 2.29. The molecule has 0 radical (unpaired) electrons. The zero-order valence-electron chi connectivity index (χ0n) is 10.0. The third kappa shape index (κ3) is 2.71. The van der Waals surface area contributed by atoms with E-state index in [2.05, 4.69) is 18.7 Å². The van der Waals surface area contributed by atoms with Gasteiger partial charge in [-0.15, -0.1) is 0 Å². The highest BCUT2D eigenvalue weighted by Gasteiger charge is 2.36. The van der Waals surface area contributed by atoms with Crippen LogP contribution in [0.1, 0.15) is 39.5 Å². The lowest BCUT2D eigenvalue weighted by Crippen LogP contribution is -2.57. The van der Waals surface area contributed by atoms with Gasteiger partial charge in [-0.3, -0.25) is 4.90 Å². The standard InChI is InChI=1S/C12H24N2O/c1-12(2)9-14(8-11(7-13)15-12)10-5-3-4-6-10/h10-11H,3-9,13H2,1-2H3. The van der Waals surface area contributed by atoms with Gasteiger partial charge in [0, 0.05) is 25.7 Å². The van der Waals surface area contributed by atoms with Crippen LogP contribution in [-0.2, 0) is 4.74 Å². The largest absolute Gasteiger partial charge is 0.368 e. The van der Waals surface area contributed by atoms with Crippen LogP contribution in [0.3, 0.4) is 0 Å². The lowest BCUT2D eigenvalue weighted by Gasteiger charge is -2.45. The summed E-state index contributed by atoms with van der Waals surface area (Å²) in [6, 6.07) is 0.794. The van der Waals surface area contributed by atoms with E-state index in [0.29, 0.717) is 6.54 Å². The zero-order chi connectivity index (χ0) is 10.9. The molecule has 1 heterocycles. The molecule has 0 amide bonds. The quantitative estimate of drug-likeness (QED) is 0.751. The third-order valence-corrected chi connectivity index (χ3v) is 3.61. The van der Waals surface area contributed by atoms with E-state index in [4.69, 9.17) is 10.5 Å². The van der Waals surface area contributed by atoms with E-state index < -0.39 is 0 Å². The molecule has 0 aromatic heterocycles. The summed E-state index contributed by atoms with van der Waals surface area (Å²) in [6.45, 7) is 7.10. The molecule has 0 bridgehead atoms. The topological polar surface area (TPSA) is 38.5 Å². The summed E-state index contributed by atoms with van der Waals surface area (Å²) in [7, 11) is 0. The second-order valence-corrected chi connectivity index (χ2v) is 5.60. The molecule has 3 heteroatoms. The Morgan fingerprint density at radius 3 is 2.60 bits per heavy atom. The number of nitrogens with two attached hydrogens (primary N) is 1. The Balaban J connectivity index is 1.98. The molecule has 1 saturated heterocycles. The molecular weight excluding hydrogens is 188 g/mol. The van der Waals surface area contributed by atoms with Crippen molar-refractivity contribution in [2.24, 2.45) is 5.73 Å². The van der Waals surface area contributed by atoms with Crippen molar-refractivity contribution in [3.63, 3.8) is 0 Å². The Kier molecular flexibility index (Phi) is 3.33. The summed E-state index contributed by atoms with van der Waals surface area (Å²) < 4.78 is 5.95. The summed E-state index contributed by atoms with van der Waals surface area (Å²) in [6.07, 6.45) is 5.76. The average molecular weight is 212 g/mol. The number of hydrogen-bond donors (Lipinski definition) is 1. The van der Waals surface area contributed by atoms with Gasteiger partial charge < -0.3 is 10.5 Å². The first-order chi connectivity index (χ1) is 7.11. The van der Waals surface area contributed by atoms with Crippen LogP contribution in [0.15, 0.2) is 0 Å². The van der Waals surface area contributed by atoms with Crippen LogP contribution in [0.4, 0.5) is 0 Å². The Bertz CT molecular complexity index is 212. The fraction of sp³-hybridized carbons (Fsp3) is 1.00. The number of ether oxygens (including phenoxy) is 1. The van der Waals surface area contributed by atoms with Gasteiger partial charge in [-0.05, 0) is 26.7 Å². The van der Waals surface area contributed by atoms with Crippen LogP contribution < -0.4 is 5.73 Å². The molecule has 1 aliphatic carbocycles. The van der Waals surface area contributed by atoms with Gasteiger partial charge in [0.2, 0.25) is 0 Å². The molecule has 2 N–H and O–H groups in total. The van der Waals surface area contributed by atoms with Crippen molar-refractivity contribution in [3.05, 3.63) is 0 Å². The number of morpholine rings is 1. The van der Waals surface area contributed by atoms with E-state index in [-0.39, 0.29) is 11.7 Å². The van der Waals surface area contributed by atoms with Crippen molar-refractivity contribution < 1.29 is 4.74 Å². The molecule has 2 fully saturated rings. The van der Waals surface area contributed by atoms with E-state index in [0.717, 1.165) is 19.1 Å². The summed E-state index contributed by atoms with van der Waals surface area (Å²) in [5.41, 5.74) is 5.71. The predicted octanol–water partition coefficient (Wildman–Crippen LogP) is 1.37. The maximum Gasteiger partial charge on any atom is 0.0831 e. The molecule has 2 aliphatic rings. The normalized spacial score (nSPS) is 33.4. The van der Waals surface area contributed by atoms with Crippen molar-refractivity contribution in [3.8, 4) is 0 Å². The lowest BCUT2D eigenvalue weighted by atomic mass is 10.0. The van der Waals surface area contributed by atoms with Crippen LogP contribution in [-0.4, -0.2) is 42.3 Å². The molecule has 1 unspecified atom stereocenters. The first kappa shape index (κ1) is 11.4. The monoisotopic (exact) mass is 212 g/mol. The van der Waals surface area contributed by atoms with Gasteiger partial charge >= 0.3 is 0 Å². The predicted molar refractivity (Wildman–Crippen MR) is 61.8 cm³/mol. The second kappa shape index (κ2) is 4.40. The number of hydrogen-bond acceptors (Lipinski definition) is 3. The Morgan fingerprint density at radius 1 is 1.33 bits per heavy atom. The maximum absolute atomic E-state index is 5.95. The fourth-order valence-corrected chi connectivity index (χ4v) is 3.01. The van der Waals surface area contributed by atoms with Crippen LogP contribution in [0, 0.1) is 0 Å². The molecule has 15 heavy (non-hydrogen) atoms. The summed E-state index contributed by atoms with van der Waals surface area (Å²) in [4.78, 5) is 2.61. The van der Waals surface area contributed by atoms with Crippen molar-refractivity contribution >= 4 is 0 Å². The van der Waals surface area contributed by atoms with Gasteiger partial charge in [0.15, 0.2) is 0 Å². The fourth-order valence-electron chi connectivity index (χ4n) is 3.01. The summed E-state index contributed by atoms with van der Waals surface area (Å²) in [5, 5.41) is 0. The van der Waals surface area contributed by atoms with Gasteiger partial charge in [-0.1, -0.05) is 12.8 Å². The van der Waals surface area contributed by atoms with E-state index >= 15 is 0 Å². The summed E-state index contributed by atoms with van der Waals surface area (Å²) in [5.74, 6) is 0. The Labute approximate surface area is 93.0 Å². The van der Waals surface area contributed by atoms with E-state index in [1.54, 1.807) is 0 Å². The minimum atomic E-state index is -0.0229. The van der Waals surface area contributed by atoms with Crippen molar-refractivity contribution in [1.29, 1.82) is 0 Å². The first-order valence-electron chi connectivity index (χ1n) is 6.23. The van der Waals surface area contributed by atoms with E-state index in [1.165, 1.54) is 25.7 Å².